The highest BCUT2D eigenvalue weighted by molar-refractivity contribution is 9.10. The number of fused-ring (bicyclic) bond motifs is 1. The van der Waals surface area contributed by atoms with E-state index in [-0.39, 0.29) is 5.82 Å². The summed E-state index contributed by atoms with van der Waals surface area (Å²) < 4.78 is 14.8. The van der Waals surface area contributed by atoms with Crippen LogP contribution in [-0.4, -0.2) is 12.0 Å². The molecule has 0 saturated heterocycles. The second kappa shape index (κ2) is 5.31. The molecule has 19 heavy (non-hydrogen) atoms. The number of benzene rings is 1. The second-order valence-electron chi connectivity index (χ2n) is 4.69. The monoisotopic (exact) mass is 340 g/mol. The van der Waals surface area contributed by atoms with Gasteiger partial charge in [0, 0.05) is 14.9 Å². The maximum Gasteiger partial charge on any atom is 0.134 e. The van der Waals surface area contributed by atoms with E-state index in [0.29, 0.717) is 11.6 Å². The summed E-state index contributed by atoms with van der Waals surface area (Å²) in [6.07, 6.45) is 3.34. The molecular formula is C14H14BrFN2S. The van der Waals surface area contributed by atoms with E-state index >= 15 is 0 Å². The molecule has 1 unspecified atom stereocenters. The van der Waals surface area contributed by atoms with Crippen molar-refractivity contribution >= 4 is 27.3 Å². The molecule has 1 N–H and O–H groups in total. The summed E-state index contributed by atoms with van der Waals surface area (Å²) in [6, 6.07) is 5.45. The van der Waals surface area contributed by atoms with Gasteiger partial charge in [-0.05, 0) is 44.5 Å². The predicted octanol–water partition coefficient (Wildman–Crippen LogP) is 4.31. The number of rotatable bonds is 2. The summed E-state index contributed by atoms with van der Waals surface area (Å²) in [5.74, 6) is -0.221. The van der Waals surface area contributed by atoms with Crippen LogP contribution in [0.1, 0.15) is 29.5 Å². The predicted molar refractivity (Wildman–Crippen MR) is 79.9 cm³/mol. The molecule has 0 bridgehead atoms. The summed E-state index contributed by atoms with van der Waals surface area (Å²) in [5, 5.41) is 4.08. The Morgan fingerprint density at radius 3 is 3.05 bits per heavy atom. The topological polar surface area (TPSA) is 24.9 Å². The van der Waals surface area contributed by atoms with Crippen LogP contribution in [0, 0.1) is 5.82 Å². The first-order valence-corrected chi connectivity index (χ1v) is 7.92. The van der Waals surface area contributed by atoms with E-state index in [9.17, 15) is 4.39 Å². The van der Waals surface area contributed by atoms with Crippen molar-refractivity contribution in [2.75, 3.05) is 7.05 Å². The molecule has 2 nitrogen and oxygen atoms in total. The molecule has 0 aliphatic heterocycles. The average Bonchev–Trinajstić information content (AvgIpc) is 2.81. The largest absolute Gasteiger partial charge is 0.312 e. The molecule has 1 atom stereocenters. The minimum Gasteiger partial charge on any atom is -0.312 e. The molecule has 5 heteroatoms. The van der Waals surface area contributed by atoms with E-state index in [2.05, 4.69) is 26.2 Å². The molecule has 0 saturated carbocycles. The van der Waals surface area contributed by atoms with Gasteiger partial charge < -0.3 is 5.32 Å². The molecule has 1 aliphatic rings. The fourth-order valence-corrected chi connectivity index (χ4v) is 4.00. The molecule has 1 aliphatic carbocycles. The van der Waals surface area contributed by atoms with Gasteiger partial charge in [-0.3, -0.25) is 0 Å². The van der Waals surface area contributed by atoms with Gasteiger partial charge >= 0.3 is 0 Å². The zero-order chi connectivity index (χ0) is 13.4. The van der Waals surface area contributed by atoms with Crippen molar-refractivity contribution in [1.29, 1.82) is 0 Å². The Hall–Kier alpha value is -0.780. The Balaban J connectivity index is 2.05. The van der Waals surface area contributed by atoms with Crippen LogP contribution in [0.2, 0.25) is 0 Å². The third kappa shape index (κ3) is 2.47. The van der Waals surface area contributed by atoms with E-state index in [1.165, 1.54) is 17.4 Å². The summed E-state index contributed by atoms with van der Waals surface area (Å²) in [5.41, 5.74) is 1.70. The van der Waals surface area contributed by atoms with Gasteiger partial charge in [0.15, 0.2) is 0 Å². The zero-order valence-electron chi connectivity index (χ0n) is 10.5. The number of hydrogen-bond acceptors (Lipinski definition) is 3. The van der Waals surface area contributed by atoms with E-state index in [1.807, 2.05) is 13.1 Å². The number of nitrogens with zero attached hydrogens (tertiary/aromatic N) is 1. The fraction of sp³-hybridized carbons (Fsp3) is 0.357. The summed E-state index contributed by atoms with van der Waals surface area (Å²) in [6.45, 7) is 0. The van der Waals surface area contributed by atoms with Crippen molar-refractivity contribution in [2.45, 2.75) is 25.3 Å². The van der Waals surface area contributed by atoms with Crippen LogP contribution >= 0.6 is 27.3 Å². The van der Waals surface area contributed by atoms with Crippen LogP contribution in [0.3, 0.4) is 0 Å². The maximum atomic E-state index is 14.0. The quantitative estimate of drug-likeness (QED) is 0.881. The van der Waals surface area contributed by atoms with Crippen LogP contribution in [0.15, 0.2) is 22.7 Å². The normalized spacial score (nSPS) is 18.4. The van der Waals surface area contributed by atoms with Crippen molar-refractivity contribution in [3.63, 3.8) is 0 Å². The van der Waals surface area contributed by atoms with Crippen molar-refractivity contribution in [2.24, 2.45) is 0 Å². The third-order valence-corrected chi connectivity index (χ3v) is 5.12. The van der Waals surface area contributed by atoms with Gasteiger partial charge in [-0.2, -0.15) is 0 Å². The Morgan fingerprint density at radius 2 is 2.32 bits per heavy atom. The van der Waals surface area contributed by atoms with Gasteiger partial charge in [-0.1, -0.05) is 15.9 Å². The van der Waals surface area contributed by atoms with Crippen LogP contribution in [0.4, 0.5) is 4.39 Å². The van der Waals surface area contributed by atoms with Crippen molar-refractivity contribution in [1.82, 2.24) is 10.3 Å². The minimum atomic E-state index is -0.221. The third-order valence-electron chi connectivity index (χ3n) is 3.46. The van der Waals surface area contributed by atoms with E-state index in [1.54, 1.807) is 17.4 Å². The summed E-state index contributed by atoms with van der Waals surface area (Å²) in [4.78, 5) is 5.96. The molecule has 2 aromatic rings. The van der Waals surface area contributed by atoms with Crippen LogP contribution in [0.5, 0.6) is 0 Å². The van der Waals surface area contributed by atoms with Crippen molar-refractivity contribution < 1.29 is 4.39 Å². The highest BCUT2D eigenvalue weighted by atomic mass is 79.9. The van der Waals surface area contributed by atoms with Gasteiger partial charge in [-0.25, -0.2) is 9.37 Å². The van der Waals surface area contributed by atoms with Gasteiger partial charge in [0.25, 0.3) is 0 Å². The Morgan fingerprint density at radius 1 is 1.47 bits per heavy atom. The molecular weight excluding hydrogens is 327 g/mol. The Kier molecular flexibility index (Phi) is 3.69. The minimum absolute atomic E-state index is 0.221. The first-order valence-electron chi connectivity index (χ1n) is 6.31. The number of aryl methyl sites for hydroxylation is 1. The van der Waals surface area contributed by atoms with Crippen molar-refractivity contribution in [3.05, 3.63) is 39.1 Å². The highest BCUT2D eigenvalue weighted by Gasteiger charge is 2.24. The SMILES string of the molecule is CNC1CCCc2sc(-c3ccc(Br)cc3F)nc21. The second-order valence-corrected chi connectivity index (χ2v) is 6.68. The highest BCUT2D eigenvalue weighted by Crippen LogP contribution is 2.38. The lowest BCUT2D eigenvalue weighted by atomic mass is 9.98. The Bertz CT molecular complexity index is 611. The number of aromatic nitrogens is 1. The van der Waals surface area contributed by atoms with Gasteiger partial charge in [-0.15, -0.1) is 11.3 Å². The van der Waals surface area contributed by atoms with Gasteiger partial charge in [0.1, 0.15) is 10.8 Å². The van der Waals surface area contributed by atoms with Crippen molar-refractivity contribution in [3.8, 4) is 10.6 Å². The first kappa shape index (κ1) is 13.2. The van der Waals surface area contributed by atoms with Gasteiger partial charge in [0.05, 0.1) is 11.7 Å². The first-order chi connectivity index (χ1) is 9.19. The van der Waals surface area contributed by atoms with E-state index in [0.717, 1.165) is 28.0 Å². The lowest BCUT2D eigenvalue weighted by molar-refractivity contribution is 0.490. The number of hydrogen-bond donors (Lipinski definition) is 1. The standard InChI is InChI=1S/C14H14BrFN2S/c1-17-11-3-2-4-12-13(11)18-14(19-12)9-6-5-8(15)7-10(9)16/h5-7,11,17H,2-4H2,1H3. The summed E-state index contributed by atoms with van der Waals surface area (Å²) >= 11 is 4.90. The van der Waals surface area contributed by atoms with E-state index < -0.39 is 0 Å². The molecule has 0 radical (unpaired) electrons. The molecule has 100 valence electrons. The number of thiazole rings is 1. The van der Waals surface area contributed by atoms with Crippen LogP contribution in [-0.2, 0) is 6.42 Å². The molecule has 1 aromatic carbocycles. The smallest absolute Gasteiger partial charge is 0.134 e. The van der Waals surface area contributed by atoms with Crippen LogP contribution < -0.4 is 5.32 Å². The van der Waals surface area contributed by atoms with Gasteiger partial charge in [0.2, 0.25) is 0 Å². The molecule has 0 spiro atoms. The Labute approximate surface area is 124 Å². The lowest BCUT2D eigenvalue weighted by Crippen LogP contribution is -2.21. The fourth-order valence-electron chi connectivity index (χ4n) is 2.48. The zero-order valence-corrected chi connectivity index (χ0v) is 12.9. The maximum absolute atomic E-state index is 14.0. The number of nitrogens with one attached hydrogen (secondary N) is 1. The lowest BCUT2D eigenvalue weighted by Gasteiger charge is -2.19. The summed E-state index contributed by atoms with van der Waals surface area (Å²) in [7, 11) is 1.96. The van der Waals surface area contributed by atoms with E-state index in [4.69, 9.17) is 0 Å². The number of halogens is 2. The molecule has 1 aromatic heterocycles. The molecule has 3 rings (SSSR count). The molecule has 1 heterocycles. The average molecular weight is 341 g/mol. The molecule has 0 fully saturated rings. The molecule has 0 amide bonds. The van der Waals surface area contributed by atoms with Crippen LogP contribution in [0.25, 0.3) is 10.6 Å².